The van der Waals surface area contributed by atoms with Gasteiger partial charge >= 0.3 is 0 Å². The Labute approximate surface area is 106 Å². The second-order valence-electron chi connectivity index (χ2n) is 3.11. The van der Waals surface area contributed by atoms with Crippen LogP contribution in [0.15, 0.2) is 39.3 Å². The lowest BCUT2D eigenvalue weighted by molar-refractivity contribution is 1.03. The molecule has 0 aromatic carbocycles. The van der Waals surface area contributed by atoms with E-state index < -0.39 is 0 Å². The van der Waals surface area contributed by atoms with Crippen LogP contribution in [0.5, 0.6) is 0 Å². The molecule has 0 bridgehead atoms. The van der Waals surface area contributed by atoms with Gasteiger partial charge in [0.15, 0.2) is 0 Å². The van der Waals surface area contributed by atoms with Gasteiger partial charge in [0.05, 0.1) is 16.4 Å². The molecule has 0 amide bonds. The molecule has 0 atom stereocenters. The molecule has 2 heterocycles. The molecule has 0 radical (unpaired) electrons. The Morgan fingerprint density at radius 3 is 2.88 bits per heavy atom. The molecule has 2 rings (SSSR count). The molecule has 0 spiro atoms. The third kappa shape index (κ3) is 2.33. The maximum Gasteiger partial charge on any atom is 0.117 e. The van der Waals surface area contributed by atoms with Crippen molar-refractivity contribution in [1.29, 1.82) is 0 Å². The van der Waals surface area contributed by atoms with Crippen LogP contribution < -0.4 is 5.73 Å². The largest absolute Gasteiger partial charge is 0.397 e. The van der Waals surface area contributed by atoms with Crippen molar-refractivity contribution in [3.05, 3.63) is 34.8 Å². The number of nitrogens with zero attached hydrogens (tertiary/aromatic N) is 3. The highest BCUT2D eigenvalue weighted by atomic mass is 79.9. The van der Waals surface area contributed by atoms with Gasteiger partial charge in [-0.05, 0) is 46.2 Å². The van der Waals surface area contributed by atoms with Crippen molar-refractivity contribution < 1.29 is 0 Å². The third-order valence-corrected chi connectivity index (χ3v) is 4.21. The molecule has 4 nitrogen and oxygen atoms in total. The van der Waals surface area contributed by atoms with Crippen molar-refractivity contribution in [3.8, 4) is 0 Å². The number of pyridine rings is 1. The number of nitrogen functional groups attached to an aromatic ring is 1. The Morgan fingerprint density at radius 2 is 2.19 bits per heavy atom. The van der Waals surface area contributed by atoms with Gasteiger partial charge in [-0.15, -0.1) is 0 Å². The monoisotopic (exact) mass is 296 g/mol. The Kier molecular flexibility index (Phi) is 3.40. The molecule has 2 aromatic heterocycles. The van der Waals surface area contributed by atoms with E-state index in [9.17, 15) is 0 Å². The van der Waals surface area contributed by atoms with Gasteiger partial charge in [-0.1, -0.05) is 0 Å². The molecule has 2 aromatic rings. The number of hydrogen-bond acceptors (Lipinski definition) is 5. The van der Waals surface area contributed by atoms with Gasteiger partial charge < -0.3 is 5.73 Å². The molecule has 82 valence electrons. The summed E-state index contributed by atoms with van der Waals surface area (Å²) in [6, 6.07) is 1.84. The van der Waals surface area contributed by atoms with Crippen molar-refractivity contribution in [2.24, 2.45) is 0 Å². The molecule has 0 aliphatic carbocycles. The summed E-state index contributed by atoms with van der Waals surface area (Å²) < 4.78 is 0.913. The summed E-state index contributed by atoms with van der Waals surface area (Å²) in [6.45, 7) is 1.95. The first kappa shape index (κ1) is 11.3. The van der Waals surface area contributed by atoms with Crippen molar-refractivity contribution in [2.75, 3.05) is 5.73 Å². The van der Waals surface area contributed by atoms with Gasteiger partial charge in [-0.3, -0.25) is 0 Å². The van der Waals surface area contributed by atoms with E-state index in [2.05, 4.69) is 30.9 Å². The third-order valence-electron chi connectivity index (χ3n) is 2.03. The van der Waals surface area contributed by atoms with E-state index >= 15 is 0 Å². The number of halogens is 1. The fourth-order valence-corrected chi connectivity index (χ4v) is 2.43. The number of rotatable bonds is 2. The van der Waals surface area contributed by atoms with Crippen LogP contribution in [0, 0.1) is 6.92 Å². The fraction of sp³-hybridized carbons (Fsp3) is 0.100. The highest BCUT2D eigenvalue weighted by Crippen LogP contribution is 2.33. The average molecular weight is 297 g/mol. The zero-order valence-corrected chi connectivity index (χ0v) is 10.9. The Balaban J connectivity index is 2.33. The molecule has 0 aliphatic heterocycles. The second-order valence-corrected chi connectivity index (χ2v) is 4.91. The summed E-state index contributed by atoms with van der Waals surface area (Å²) in [6.07, 6.45) is 4.87. The van der Waals surface area contributed by atoms with E-state index in [1.807, 2.05) is 13.0 Å². The molecule has 16 heavy (non-hydrogen) atoms. The predicted molar refractivity (Wildman–Crippen MR) is 67.2 cm³/mol. The maximum atomic E-state index is 5.76. The first-order chi connectivity index (χ1) is 7.68. The van der Waals surface area contributed by atoms with E-state index in [1.54, 1.807) is 12.4 Å². The summed E-state index contributed by atoms with van der Waals surface area (Å²) >= 11 is 4.95. The SMILES string of the molecule is Cc1c(N)cnc(Sc2ccncn2)c1Br. The van der Waals surface area contributed by atoms with E-state index in [4.69, 9.17) is 5.73 Å². The summed E-state index contributed by atoms with van der Waals surface area (Å²) in [4.78, 5) is 12.3. The summed E-state index contributed by atoms with van der Waals surface area (Å²) in [5.74, 6) is 0. The molecular formula is C10H9BrN4S. The zero-order chi connectivity index (χ0) is 11.5. The van der Waals surface area contributed by atoms with Crippen LogP contribution >= 0.6 is 27.7 Å². The maximum absolute atomic E-state index is 5.76. The lowest BCUT2D eigenvalue weighted by Crippen LogP contribution is -1.94. The summed E-state index contributed by atoms with van der Waals surface area (Å²) in [5, 5.41) is 1.71. The van der Waals surface area contributed by atoms with Crippen molar-refractivity contribution in [3.63, 3.8) is 0 Å². The van der Waals surface area contributed by atoms with Crippen LogP contribution in [-0.4, -0.2) is 15.0 Å². The standard InChI is InChI=1S/C10H9BrN4S/c1-6-7(12)4-14-10(9(6)11)16-8-2-3-13-5-15-8/h2-5H,12H2,1H3. The van der Waals surface area contributed by atoms with Gasteiger partial charge in [0.25, 0.3) is 0 Å². The van der Waals surface area contributed by atoms with Gasteiger partial charge in [0.2, 0.25) is 0 Å². The quantitative estimate of drug-likeness (QED) is 0.863. The van der Waals surface area contributed by atoms with Crippen molar-refractivity contribution in [1.82, 2.24) is 15.0 Å². The number of anilines is 1. The highest BCUT2D eigenvalue weighted by molar-refractivity contribution is 9.10. The zero-order valence-electron chi connectivity index (χ0n) is 8.51. The number of hydrogen-bond donors (Lipinski definition) is 1. The van der Waals surface area contributed by atoms with Crippen LogP contribution in [0.1, 0.15) is 5.56 Å². The summed E-state index contributed by atoms with van der Waals surface area (Å²) in [5.41, 5.74) is 7.43. The molecule has 0 unspecified atom stereocenters. The van der Waals surface area contributed by atoms with Crippen LogP contribution in [0.25, 0.3) is 0 Å². The highest BCUT2D eigenvalue weighted by Gasteiger charge is 2.09. The lowest BCUT2D eigenvalue weighted by Gasteiger charge is -2.07. The lowest BCUT2D eigenvalue weighted by atomic mass is 10.3. The van der Waals surface area contributed by atoms with Gasteiger partial charge in [0, 0.05) is 6.20 Å². The fourth-order valence-electron chi connectivity index (χ4n) is 1.08. The minimum atomic E-state index is 0.680. The Hall–Kier alpha value is -1.14. The topological polar surface area (TPSA) is 64.7 Å². The van der Waals surface area contributed by atoms with Gasteiger partial charge in [0.1, 0.15) is 16.4 Å². The number of nitrogens with two attached hydrogens (primary N) is 1. The molecule has 0 fully saturated rings. The first-order valence-electron chi connectivity index (χ1n) is 4.53. The molecular weight excluding hydrogens is 288 g/mol. The molecule has 2 N–H and O–H groups in total. The van der Waals surface area contributed by atoms with Crippen molar-refractivity contribution in [2.45, 2.75) is 17.0 Å². The van der Waals surface area contributed by atoms with E-state index in [1.165, 1.54) is 18.1 Å². The first-order valence-corrected chi connectivity index (χ1v) is 6.14. The van der Waals surface area contributed by atoms with Gasteiger partial charge in [-0.25, -0.2) is 15.0 Å². The van der Waals surface area contributed by atoms with Gasteiger partial charge in [-0.2, -0.15) is 0 Å². The van der Waals surface area contributed by atoms with Crippen LogP contribution in [0.2, 0.25) is 0 Å². The van der Waals surface area contributed by atoms with Crippen LogP contribution in [-0.2, 0) is 0 Å². The smallest absolute Gasteiger partial charge is 0.117 e. The van der Waals surface area contributed by atoms with Crippen LogP contribution in [0.4, 0.5) is 5.69 Å². The average Bonchev–Trinajstić information content (AvgIpc) is 2.31. The second kappa shape index (κ2) is 4.80. The molecule has 0 saturated carbocycles. The summed E-state index contributed by atoms with van der Waals surface area (Å²) in [7, 11) is 0. The minimum Gasteiger partial charge on any atom is -0.397 e. The minimum absolute atomic E-state index is 0.680. The predicted octanol–water partition coefficient (Wildman–Crippen LogP) is 2.68. The molecule has 0 aliphatic rings. The Bertz CT molecular complexity index is 504. The van der Waals surface area contributed by atoms with Crippen molar-refractivity contribution >= 4 is 33.4 Å². The van der Waals surface area contributed by atoms with E-state index in [-0.39, 0.29) is 0 Å². The molecule has 6 heteroatoms. The Morgan fingerprint density at radius 1 is 1.38 bits per heavy atom. The van der Waals surface area contributed by atoms with Crippen LogP contribution in [0.3, 0.4) is 0 Å². The molecule has 0 saturated heterocycles. The normalized spacial score (nSPS) is 10.4. The van der Waals surface area contributed by atoms with E-state index in [0.717, 1.165) is 20.1 Å². The number of aromatic nitrogens is 3. The van der Waals surface area contributed by atoms with E-state index in [0.29, 0.717) is 5.69 Å².